The van der Waals surface area contributed by atoms with Crippen molar-refractivity contribution in [1.82, 2.24) is 9.29 Å². The number of aliphatic hydroxyl groups is 1. The number of hydrogen-bond acceptors (Lipinski definition) is 5. The molecule has 0 spiro atoms. The molecule has 2 aliphatic heterocycles. The average Bonchev–Trinajstić information content (AvgIpc) is 2.72. The lowest BCUT2D eigenvalue weighted by Gasteiger charge is -2.35. The van der Waals surface area contributed by atoms with Gasteiger partial charge in [-0.05, 0) is 31.7 Å². The van der Waals surface area contributed by atoms with Crippen molar-refractivity contribution >= 4 is 27.4 Å². The van der Waals surface area contributed by atoms with E-state index < -0.39 is 16.1 Å². The smallest absolute Gasteiger partial charge is 0.245 e. The molecule has 8 heteroatoms. The minimum Gasteiger partial charge on any atom is -0.393 e. The number of piperidine rings is 1. The monoisotopic (exact) mass is 331 g/mol. The zero-order valence-corrected chi connectivity index (χ0v) is 13.2. The molecule has 3 rings (SSSR count). The van der Waals surface area contributed by atoms with Crippen LogP contribution in [0.25, 0.3) is 0 Å². The Kier molecular flexibility index (Phi) is 3.85. The predicted molar refractivity (Wildman–Crippen MR) is 79.9 cm³/mol. The van der Waals surface area contributed by atoms with Crippen LogP contribution in [0, 0.1) is 0 Å². The summed E-state index contributed by atoms with van der Waals surface area (Å²) in [6.07, 6.45) is 3.55. The number of anilines is 1. The van der Waals surface area contributed by atoms with Crippen molar-refractivity contribution in [3.05, 3.63) is 17.3 Å². The van der Waals surface area contributed by atoms with E-state index in [9.17, 15) is 13.5 Å². The summed E-state index contributed by atoms with van der Waals surface area (Å²) in [6, 6.07) is 1.19. The number of sulfonamides is 1. The maximum Gasteiger partial charge on any atom is 0.245 e. The summed E-state index contributed by atoms with van der Waals surface area (Å²) >= 11 is 6.04. The van der Waals surface area contributed by atoms with Gasteiger partial charge in [0, 0.05) is 25.3 Å². The summed E-state index contributed by atoms with van der Waals surface area (Å²) in [5.41, 5.74) is 0. The van der Waals surface area contributed by atoms with Gasteiger partial charge in [0.2, 0.25) is 10.0 Å². The summed E-state index contributed by atoms with van der Waals surface area (Å²) in [7, 11) is -1.95. The molecule has 2 unspecified atom stereocenters. The van der Waals surface area contributed by atoms with Gasteiger partial charge in [-0.25, -0.2) is 13.4 Å². The van der Waals surface area contributed by atoms with Crippen LogP contribution in [0.2, 0.25) is 5.02 Å². The number of aliphatic hydroxyl groups excluding tert-OH is 1. The molecular formula is C13H18ClN3O3S. The molecule has 116 valence electrons. The third-order valence-electron chi connectivity index (χ3n) is 4.27. The van der Waals surface area contributed by atoms with Crippen LogP contribution in [0.1, 0.15) is 25.7 Å². The molecule has 0 amide bonds. The molecule has 0 radical (unpaired) electrons. The first-order valence-electron chi connectivity index (χ1n) is 6.98. The van der Waals surface area contributed by atoms with Gasteiger partial charge in [0.15, 0.2) is 0 Å². The minimum atomic E-state index is -3.62. The van der Waals surface area contributed by atoms with Crippen LogP contribution >= 0.6 is 11.6 Å². The van der Waals surface area contributed by atoms with E-state index in [0.717, 1.165) is 12.8 Å². The van der Waals surface area contributed by atoms with Crippen molar-refractivity contribution in [3.63, 3.8) is 0 Å². The minimum absolute atomic E-state index is 0.111. The quantitative estimate of drug-likeness (QED) is 0.876. The van der Waals surface area contributed by atoms with E-state index in [0.29, 0.717) is 18.7 Å². The fourth-order valence-electron chi connectivity index (χ4n) is 3.36. The first-order valence-corrected chi connectivity index (χ1v) is 8.80. The van der Waals surface area contributed by atoms with Crippen molar-refractivity contribution in [3.8, 4) is 0 Å². The molecule has 21 heavy (non-hydrogen) atoms. The van der Waals surface area contributed by atoms with Crippen LogP contribution in [0.4, 0.5) is 5.82 Å². The number of aromatic nitrogens is 1. The molecule has 2 N–H and O–H groups in total. The van der Waals surface area contributed by atoms with Gasteiger partial charge in [-0.15, -0.1) is 0 Å². The van der Waals surface area contributed by atoms with Crippen LogP contribution in [0.3, 0.4) is 0 Å². The number of nitrogens with zero attached hydrogens (tertiary/aromatic N) is 2. The van der Waals surface area contributed by atoms with Gasteiger partial charge >= 0.3 is 0 Å². The van der Waals surface area contributed by atoms with Gasteiger partial charge in [0.1, 0.15) is 10.7 Å². The molecule has 2 fully saturated rings. The summed E-state index contributed by atoms with van der Waals surface area (Å²) in [4.78, 5) is 4.16. The summed E-state index contributed by atoms with van der Waals surface area (Å²) < 4.78 is 27.2. The Morgan fingerprint density at radius 2 is 2.00 bits per heavy atom. The summed E-state index contributed by atoms with van der Waals surface area (Å²) in [5.74, 6) is 0.452. The van der Waals surface area contributed by atoms with Gasteiger partial charge in [0.25, 0.3) is 0 Å². The SMILES string of the molecule is CNc1ncc(S(=O)(=O)N2C3CCC2CC(O)C3)cc1Cl. The number of halogens is 1. The second-order valence-corrected chi connectivity index (χ2v) is 7.85. The zero-order chi connectivity index (χ0) is 15.2. The maximum atomic E-state index is 12.8. The Labute approximate surface area is 129 Å². The second-order valence-electron chi connectivity index (χ2n) is 5.60. The van der Waals surface area contributed by atoms with Crippen molar-refractivity contribution < 1.29 is 13.5 Å². The van der Waals surface area contributed by atoms with Crippen LogP contribution in [0.15, 0.2) is 17.2 Å². The highest BCUT2D eigenvalue weighted by molar-refractivity contribution is 7.89. The lowest BCUT2D eigenvalue weighted by molar-refractivity contribution is 0.0768. The van der Waals surface area contributed by atoms with Crippen molar-refractivity contribution in [2.24, 2.45) is 0 Å². The fraction of sp³-hybridized carbons (Fsp3) is 0.615. The lowest BCUT2D eigenvalue weighted by Crippen LogP contribution is -2.47. The Morgan fingerprint density at radius 3 is 2.52 bits per heavy atom. The molecule has 1 aromatic rings. The highest BCUT2D eigenvalue weighted by atomic mass is 35.5. The van der Waals surface area contributed by atoms with E-state index in [-0.39, 0.29) is 22.0 Å². The summed E-state index contributed by atoms with van der Waals surface area (Å²) in [6.45, 7) is 0. The van der Waals surface area contributed by atoms with Crippen LogP contribution in [0.5, 0.6) is 0 Å². The van der Waals surface area contributed by atoms with E-state index in [4.69, 9.17) is 11.6 Å². The Balaban J connectivity index is 1.96. The molecule has 6 nitrogen and oxygen atoms in total. The second kappa shape index (κ2) is 5.39. The molecule has 2 bridgehead atoms. The Hall–Kier alpha value is -0.890. The number of rotatable bonds is 3. The van der Waals surface area contributed by atoms with Crippen molar-refractivity contribution in [1.29, 1.82) is 0 Å². The molecule has 3 heterocycles. The molecule has 2 saturated heterocycles. The van der Waals surface area contributed by atoms with E-state index in [1.165, 1.54) is 12.3 Å². The van der Waals surface area contributed by atoms with Crippen LogP contribution in [-0.4, -0.2) is 48.0 Å². The van der Waals surface area contributed by atoms with Gasteiger partial charge < -0.3 is 10.4 Å². The van der Waals surface area contributed by atoms with Gasteiger partial charge in [-0.1, -0.05) is 11.6 Å². The average molecular weight is 332 g/mol. The predicted octanol–water partition coefficient (Wildman–Crippen LogP) is 1.45. The number of fused-ring (bicyclic) bond motifs is 2. The van der Waals surface area contributed by atoms with Crippen molar-refractivity contribution in [2.45, 2.75) is 48.8 Å². The molecular weight excluding hydrogens is 314 g/mol. The van der Waals surface area contributed by atoms with E-state index in [1.54, 1.807) is 11.4 Å². The van der Waals surface area contributed by atoms with Gasteiger partial charge in [0.05, 0.1) is 11.1 Å². The van der Waals surface area contributed by atoms with Crippen molar-refractivity contribution in [2.75, 3.05) is 12.4 Å². The molecule has 2 atom stereocenters. The third kappa shape index (κ3) is 2.52. The molecule has 0 aliphatic carbocycles. The van der Waals surface area contributed by atoms with E-state index in [1.807, 2.05) is 0 Å². The number of hydrogen-bond donors (Lipinski definition) is 2. The molecule has 0 aromatic carbocycles. The van der Waals surface area contributed by atoms with Gasteiger partial charge in [-0.3, -0.25) is 0 Å². The number of nitrogens with one attached hydrogen (secondary N) is 1. The Morgan fingerprint density at radius 1 is 1.38 bits per heavy atom. The molecule has 2 aliphatic rings. The highest BCUT2D eigenvalue weighted by Crippen LogP contribution is 2.40. The van der Waals surface area contributed by atoms with Crippen LogP contribution in [-0.2, 0) is 10.0 Å². The fourth-order valence-corrected chi connectivity index (χ4v) is 5.55. The highest BCUT2D eigenvalue weighted by Gasteiger charge is 2.47. The topological polar surface area (TPSA) is 82.5 Å². The van der Waals surface area contributed by atoms with Crippen LogP contribution < -0.4 is 5.32 Å². The first-order chi connectivity index (χ1) is 9.93. The standard InChI is InChI=1S/C13H18ClN3O3S/c1-15-13-12(14)6-11(7-16-13)21(19,20)17-8-2-3-9(17)5-10(18)4-8/h6-10,18H,2-5H2,1H3,(H,15,16). The molecule has 0 saturated carbocycles. The first kappa shape index (κ1) is 15.0. The Bertz CT molecular complexity index is 638. The zero-order valence-electron chi connectivity index (χ0n) is 11.7. The normalized spacial score (nSPS) is 29.6. The third-order valence-corrected chi connectivity index (χ3v) is 6.53. The molecule has 1 aromatic heterocycles. The van der Waals surface area contributed by atoms with Gasteiger partial charge in [-0.2, -0.15) is 4.31 Å². The summed E-state index contributed by atoms with van der Waals surface area (Å²) in [5, 5.41) is 12.9. The van der Waals surface area contributed by atoms with E-state index in [2.05, 4.69) is 10.3 Å². The van der Waals surface area contributed by atoms with E-state index >= 15 is 0 Å². The lowest BCUT2D eigenvalue weighted by atomic mass is 10.0. The number of pyridine rings is 1. The largest absolute Gasteiger partial charge is 0.393 e. The maximum absolute atomic E-state index is 12.8.